The summed E-state index contributed by atoms with van der Waals surface area (Å²) in [5.41, 5.74) is 2.84. The summed E-state index contributed by atoms with van der Waals surface area (Å²) in [6, 6.07) is 5.74. The average Bonchev–Trinajstić information content (AvgIpc) is 2.82. The topological polar surface area (TPSA) is 12.0 Å². The molecule has 0 heterocycles. The van der Waals surface area contributed by atoms with E-state index in [9.17, 15) is 0 Å². The zero-order chi connectivity index (χ0) is 11.9. The van der Waals surface area contributed by atoms with Gasteiger partial charge in [0, 0.05) is 22.3 Å². The fraction of sp³-hybridized carbons (Fsp3) is 0.333. The Morgan fingerprint density at radius 1 is 1.50 bits per heavy atom. The number of benzene rings is 1. The standard InChI is InChI=1S/C12H12Cl3N/c1-7-5-9(3-4-11(7)13)16-8(2)10-6-12(10,14)15/h3-5,10,16H,2,6H2,1H3. The van der Waals surface area contributed by atoms with Gasteiger partial charge >= 0.3 is 0 Å². The van der Waals surface area contributed by atoms with E-state index < -0.39 is 4.33 Å². The molecule has 0 aromatic heterocycles. The fourth-order valence-electron chi connectivity index (χ4n) is 1.59. The molecule has 0 bridgehead atoms. The molecule has 0 radical (unpaired) electrons. The van der Waals surface area contributed by atoms with Crippen LogP contribution >= 0.6 is 34.8 Å². The Hall–Kier alpha value is -0.370. The van der Waals surface area contributed by atoms with Crippen molar-refractivity contribution in [2.24, 2.45) is 5.92 Å². The smallest absolute Gasteiger partial charge is 0.127 e. The van der Waals surface area contributed by atoms with Crippen molar-refractivity contribution in [1.29, 1.82) is 0 Å². The predicted octanol–water partition coefficient (Wildman–Crippen LogP) is 4.77. The van der Waals surface area contributed by atoms with Crippen molar-refractivity contribution in [3.05, 3.63) is 41.1 Å². The summed E-state index contributed by atoms with van der Waals surface area (Å²) in [7, 11) is 0. The van der Waals surface area contributed by atoms with Gasteiger partial charge in [-0.25, -0.2) is 0 Å². The molecule has 16 heavy (non-hydrogen) atoms. The van der Waals surface area contributed by atoms with E-state index in [1.807, 2.05) is 25.1 Å². The average molecular weight is 277 g/mol. The number of rotatable bonds is 3. The molecule has 1 aliphatic rings. The molecule has 1 aliphatic carbocycles. The molecule has 0 aliphatic heterocycles. The number of nitrogens with one attached hydrogen (secondary N) is 1. The molecule has 0 amide bonds. The molecule has 4 heteroatoms. The lowest BCUT2D eigenvalue weighted by Crippen LogP contribution is -2.04. The Balaban J connectivity index is 2.05. The number of hydrogen-bond acceptors (Lipinski definition) is 1. The summed E-state index contributed by atoms with van der Waals surface area (Å²) in [5.74, 6) is 0.131. The molecule has 0 spiro atoms. The van der Waals surface area contributed by atoms with E-state index in [0.29, 0.717) is 0 Å². The van der Waals surface area contributed by atoms with E-state index in [0.717, 1.165) is 28.4 Å². The van der Waals surface area contributed by atoms with E-state index >= 15 is 0 Å². The summed E-state index contributed by atoms with van der Waals surface area (Å²) in [5, 5.41) is 3.96. The normalized spacial score (nSPS) is 21.6. The third-order valence-corrected chi connectivity index (χ3v) is 3.97. The molecule has 1 N–H and O–H groups in total. The van der Waals surface area contributed by atoms with Gasteiger partial charge in [-0.05, 0) is 37.1 Å². The Bertz CT molecular complexity index is 440. The van der Waals surface area contributed by atoms with Crippen molar-refractivity contribution >= 4 is 40.5 Å². The first kappa shape index (κ1) is 12.1. The van der Waals surface area contributed by atoms with Gasteiger partial charge in [0.05, 0.1) is 0 Å². The quantitative estimate of drug-likeness (QED) is 0.784. The second-order valence-corrected chi connectivity index (χ2v) is 6.08. The lowest BCUT2D eigenvalue weighted by Gasteiger charge is -2.10. The molecule has 1 atom stereocenters. The number of anilines is 1. The van der Waals surface area contributed by atoms with Crippen LogP contribution in [0.15, 0.2) is 30.5 Å². The van der Waals surface area contributed by atoms with Gasteiger partial charge in [0.25, 0.3) is 0 Å². The maximum Gasteiger partial charge on any atom is 0.127 e. The number of allylic oxidation sites excluding steroid dienone is 1. The first-order valence-corrected chi connectivity index (χ1v) is 6.13. The molecule has 1 aromatic rings. The highest BCUT2D eigenvalue weighted by atomic mass is 35.5. The second-order valence-electron chi connectivity index (χ2n) is 4.13. The molecule has 86 valence electrons. The molecule has 1 fully saturated rings. The van der Waals surface area contributed by atoms with Crippen LogP contribution in [0.4, 0.5) is 5.69 Å². The van der Waals surface area contributed by atoms with Crippen LogP contribution in [0, 0.1) is 12.8 Å². The van der Waals surface area contributed by atoms with Crippen LogP contribution in [-0.4, -0.2) is 4.33 Å². The van der Waals surface area contributed by atoms with Gasteiger partial charge in [0.2, 0.25) is 0 Å². The van der Waals surface area contributed by atoms with Gasteiger partial charge in [-0.2, -0.15) is 0 Å². The van der Waals surface area contributed by atoms with Gasteiger partial charge in [-0.15, -0.1) is 23.2 Å². The number of halogens is 3. The maximum atomic E-state index is 5.97. The zero-order valence-electron chi connectivity index (χ0n) is 8.86. The van der Waals surface area contributed by atoms with E-state index in [1.54, 1.807) is 0 Å². The van der Waals surface area contributed by atoms with Crippen LogP contribution in [0.1, 0.15) is 12.0 Å². The third-order valence-electron chi connectivity index (χ3n) is 2.71. The van der Waals surface area contributed by atoms with Gasteiger partial charge in [0.15, 0.2) is 0 Å². The first-order valence-electron chi connectivity index (χ1n) is 5.00. The molecular weight excluding hydrogens is 264 g/mol. The number of alkyl halides is 2. The summed E-state index contributed by atoms with van der Waals surface area (Å²) >= 11 is 17.9. The van der Waals surface area contributed by atoms with Gasteiger partial charge in [0.1, 0.15) is 4.33 Å². The maximum absolute atomic E-state index is 5.97. The lowest BCUT2D eigenvalue weighted by molar-refractivity contribution is 1.00. The van der Waals surface area contributed by atoms with Crippen LogP contribution in [-0.2, 0) is 0 Å². The Morgan fingerprint density at radius 2 is 2.12 bits per heavy atom. The van der Waals surface area contributed by atoms with Crippen molar-refractivity contribution in [2.45, 2.75) is 17.7 Å². The molecule has 1 saturated carbocycles. The lowest BCUT2D eigenvalue weighted by atomic mass is 10.2. The van der Waals surface area contributed by atoms with E-state index in [-0.39, 0.29) is 5.92 Å². The minimum atomic E-state index is -0.633. The highest BCUT2D eigenvalue weighted by molar-refractivity contribution is 6.51. The predicted molar refractivity (Wildman–Crippen MR) is 71.5 cm³/mol. The van der Waals surface area contributed by atoms with Crippen molar-refractivity contribution in [3.8, 4) is 0 Å². The number of aryl methyl sites for hydroxylation is 1. The summed E-state index contributed by atoms with van der Waals surface area (Å²) < 4.78 is -0.633. The number of hydrogen-bond donors (Lipinski definition) is 1. The van der Waals surface area contributed by atoms with Gasteiger partial charge in [-0.1, -0.05) is 18.2 Å². The SMILES string of the molecule is C=C(Nc1ccc(Cl)c(C)c1)C1CC1(Cl)Cl. The Kier molecular flexibility index (Phi) is 3.13. The largest absolute Gasteiger partial charge is 0.359 e. The van der Waals surface area contributed by atoms with E-state index in [2.05, 4.69) is 11.9 Å². The fourth-order valence-corrected chi connectivity index (χ4v) is 2.28. The van der Waals surface area contributed by atoms with Gasteiger partial charge < -0.3 is 5.32 Å². The van der Waals surface area contributed by atoms with Crippen molar-refractivity contribution < 1.29 is 0 Å². The zero-order valence-corrected chi connectivity index (χ0v) is 11.1. The molecule has 1 unspecified atom stereocenters. The monoisotopic (exact) mass is 275 g/mol. The highest BCUT2D eigenvalue weighted by Gasteiger charge is 2.53. The van der Waals surface area contributed by atoms with Crippen LogP contribution in [0.2, 0.25) is 5.02 Å². The molecule has 1 aromatic carbocycles. The van der Waals surface area contributed by atoms with Crippen molar-refractivity contribution in [2.75, 3.05) is 5.32 Å². The molecule has 1 nitrogen and oxygen atoms in total. The summed E-state index contributed by atoms with van der Waals surface area (Å²) in [4.78, 5) is 0. The Labute approximate surface area is 110 Å². The molecular formula is C12H12Cl3N. The molecule has 2 rings (SSSR count). The van der Waals surface area contributed by atoms with Crippen LogP contribution in [0.3, 0.4) is 0 Å². The second kappa shape index (κ2) is 4.14. The minimum Gasteiger partial charge on any atom is -0.359 e. The van der Waals surface area contributed by atoms with Crippen molar-refractivity contribution in [3.63, 3.8) is 0 Å². The van der Waals surface area contributed by atoms with Crippen LogP contribution in [0.5, 0.6) is 0 Å². The summed E-state index contributed by atoms with van der Waals surface area (Å²) in [6.07, 6.45) is 0.758. The van der Waals surface area contributed by atoms with Crippen molar-refractivity contribution in [1.82, 2.24) is 0 Å². The highest BCUT2D eigenvalue weighted by Crippen LogP contribution is 2.56. The van der Waals surface area contributed by atoms with Crippen LogP contribution < -0.4 is 5.32 Å². The minimum absolute atomic E-state index is 0.131. The summed E-state index contributed by atoms with van der Waals surface area (Å²) in [6.45, 7) is 5.91. The van der Waals surface area contributed by atoms with E-state index in [4.69, 9.17) is 34.8 Å². The van der Waals surface area contributed by atoms with E-state index in [1.165, 1.54) is 0 Å². The Morgan fingerprint density at radius 3 is 2.62 bits per heavy atom. The van der Waals surface area contributed by atoms with Crippen LogP contribution in [0.25, 0.3) is 0 Å². The van der Waals surface area contributed by atoms with Gasteiger partial charge in [-0.3, -0.25) is 0 Å². The third kappa shape index (κ3) is 2.48. The first-order chi connectivity index (χ1) is 7.40. The molecule has 0 saturated heterocycles.